The highest BCUT2D eigenvalue weighted by molar-refractivity contribution is 6.12. The summed E-state index contributed by atoms with van der Waals surface area (Å²) in [5.74, 6) is -2.00. The second-order valence-corrected chi connectivity index (χ2v) is 6.90. The van der Waals surface area contributed by atoms with E-state index in [-0.39, 0.29) is 11.3 Å². The number of nitrogens with one attached hydrogen (secondary N) is 1. The molecule has 2 N–H and O–H groups in total. The third-order valence-electron chi connectivity index (χ3n) is 4.96. The number of carbonyl (C=O) groups is 2. The lowest BCUT2D eigenvalue weighted by Gasteiger charge is -2.27. The van der Waals surface area contributed by atoms with Gasteiger partial charge in [0.15, 0.2) is 0 Å². The molecule has 5 nitrogen and oxygen atoms in total. The Labute approximate surface area is 173 Å². The van der Waals surface area contributed by atoms with E-state index in [4.69, 9.17) is 0 Å². The number of anilines is 2. The predicted molar refractivity (Wildman–Crippen MR) is 112 cm³/mol. The van der Waals surface area contributed by atoms with Gasteiger partial charge in [0.1, 0.15) is 11.5 Å². The summed E-state index contributed by atoms with van der Waals surface area (Å²) in [6, 6.07) is 23.1. The molecule has 0 bridgehead atoms. The molecule has 150 valence electrons. The van der Waals surface area contributed by atoms with Gasteiger partial charge in [0.2, 0.25) is 0 Å². The van der Waals surface area contributed by atoms with Crippen LogP contribution in [-0.2, 0) is 9.59 Å². The van der Waals surface area contributed by atoms with Gasteiger partial charge < -0.3 is 10.4 Å². The molecule has 1 heterocycles. The number of aliphatic carboxylic acids is 1. The molecule has 0 unspecified atom stereocenters. The average Bonchev–Trinajstić information content (AvgIpc) is 3.01. The number of halogens is 1. The molecule has 3 aromatic rings. The third-order valence-corrected chi connectivity index (χ3v) is 4.96. The topological polar surface area (TPSA) is 69.6 Å². The molecule has 30 heavy (non-hydrogen) atoms. The van der Waals surface area contributed by atoms with Crippen molar-refractivity contribution in [3.8, 4) is 0 Å². The normalized spacial score (nSPS) is 16.1. The Balaban J connectivity index is 1.90. The number of benzene rings is 3. The molecular formula is C24H19FN2O3. The molecule has 4 rings (SSSR count). The predicted octanol–water partition coefficient (Wildman–Crippen LogP) is 4.75. The summed E-state index contributed by atoms with van der Waals surface area (Å²) < 4.78 is 14.8. The van der Waals surface area contributed by atoms with Crippen LogP contribution in [0.25, 0.3) is 0 Å². The number of hydrogen-bond donors (Lipinski definition) is 2. The zero-order chi connectivity index (χ0) is 21.1. The van der Waals surface area contributed by atoms with Crippen molar-refractivity contribution in [2.45, 2.75) is 12.5 Å². The van der Waals surface area contributed by atoms with Gasteiger partial charge in [0.25, 0.3) is 5.91 Å². The van der Waals surface area contributed by atoms with E-state index >= 15 is 0 Å². The molecule has 1 aliphatic rings. The molecule has 0 aromatic heterocycles. The summed E-state index contributed by atoms with van der Waals surface area (Å²) in [5.41, 5.74) is 1.91. The monoisotopic (exact) mass is 402 g/mol. The Morgan fingerprint density at radius 1 is 0.933 bits per heavy atom. The Bertz CT molecular complexity index is 1110. The van der Waals surface area contributed by atoms with Gasteiger partial charge in [-0.05, 0) is 35.9 Å². The number of nitrogens with zero attached hydrogens (tertiary/aromatic N) is 1. The van der Waals surface area contributed by atoms with Gasteiger partial charge in [-0.1, -0.05) is 54.6 Å². The molecule has 0 saturated carbocycles. The first-order valence-corrected chi connectivity index (χ1v) is 9.46. The Hall–Kier alpha value is -3.93. The van der Waals surface area contributed by atoms with E-state index in [0.717, 1.165) is 0 Å². The van der Waals surface area contributed by atoms with Gasteiger partial charge in [0, 0.05) is 16.9 Å². The molecule has 1 amide bonds. The molecule has 0 aliphatic carbocycles. The molecule has 0 spiro atoms. The number of hydrogen-bond acceptors (Lipinski definition) is 3. The van der Waals surface area contributed by atoms with Crippen molar-refractivity contribution in [2.24, 2.45) is 0 Å². The van der Waals surface area contributed by atoms with Gasteiger partial charge in [-0.2, -0.15) is 0 Å². The minimum atomic E-state index is -1.10. The van der Waals surface area contributed by atoms with Crippen LogP contribution in [0.4, 0.5) is 15.8 Å². The molecule has 0 saturated heterocycles. The van der Waals surface area contributed by atoms with Crippen molar-refractivity contribution in [1.29, 1.82) is 0 Å². The second-order valence-electron chi connectivity index (χ2n) is 6.90. The molecule has 0 fully saturated rings. The Morgan fingerprint density at radius 3 is 2.17 bits per heavy atom. The van der Waals surface area contributed by atoms with E-state index in [1.54, 1.807) is 54.6 Å². The maximum absolute atomic E-state index is 14.8. The first-order valence-electron chi connectivity index (χ1n) is 9.46. The molecule has 0 radical (unpaired) electrons. The Morgan fingerprint density at radius 2 is 1.53 bits per heavy atom. The van der Waals surface area contributed by atoms with Crippen LogP contribution in [-0.4, -0.2) is 17.0 Å². The van der Waals surface area contributed by atoms with E-state index in [0.29, 0.717) is 16.9 Å². The van der Waals surface area contributed by atoms with E-state index in [1.807, 2.05) is 24.3 Å². The standard InChI is InChI=1S/C24H19FN2O3/c25-20-14-8-7-13-18(20)23-19(15-21(28)29)22(26-16-9-3-1-4-10-16)24(30)27(23)17-11-5-2-6-12-17/h1-14,23,26H,15H2,(H,28,29)/t23-/m1/s1. The molecule has 1 aliphatic heterocycles. The van der Waals surface area contributed by atoms with Crippen LogP contribution in [0.3, 0.4) is 0 Å². The van der Waals surface area contributed by atoms with E-state index in [2.05, 4.69) is 5.32 Å². The summed E-state index contributed by atoms with van der Waals surface area (Å²) in [4.78, 5) is 26.6. The molecule has 6 heteroatoms. The molecule has 1 atom stereocenters. The summed E-state index contributed by atoms with van der Waals surface area (Å²) in [6.45, 7) is 0. The highest BCUT2D eigenvalue weighted by atomic mass is 19.1. The van der Waals surface area contributed by atoms with Gasteiger partial charge in [-0.15, -0.1) is 0 Å². The molecule has 3 aromatic carbocycles. The van der Waals surface area contributed by atoms with Gasteiger partial charge in [0.05, 0.1) is 12.5 Å². The van der Waals surface area contributed by atoms with Crippen molar-refractivity contribution >= 4 is 23.3 Å². The number of rotatable bonds is 6. The van der Waals surface area contributed by atoms with Crippen LogP contribution in [0.15, 0.2) is 96.2 Å². The van der Waals surface area contributed by atoms with Crippen LogP contribution in [0.5, 0.6) is 0 Å². The lowest BCUT2D eigenvalue weighted by atomic mass is 9.95. The fourth-order valence-electron chi connectivity index (χ4n) is 3.69. The summed E-state index contributed by atoms with van der Waals surface area (Å²) in [5, 5.41) is 12.6. The van der Waals surface area contributed by atoms with Crippen LogP contribution in [0.2, 0.25) is 0 Å². The number of para-hydroxylation sites is 2. The van der Waals surface area contributed by atoms with Crippen molar-refractivity contribution < 1.29 is 19.1 Å². The zero-order valence-corrected chi connectivity index (χ0v) is 16.0. The van der Waals surface area contributed by atoms with Crippen LogP contribution < -0.4 is 10.2 Å². The van der Waals surface area contributed by atoms with E-state index < -0.39 is 30.2 Å². The highest BCUT2D eigenvalue weighted by Crippen LogP contribution is 2.43. The van der Waals surface area contributed by atoms with E-state index in [9.17, 15) is 19.1 Å². The van der Waals surface area contributed by atoms with Crippen LogP contribution in [0, 0.1) is 5.82 Å². The number of carboxylic acid groups (broad SMARTS) is 1. The minimum Gasteiger partial charge on any atom is -0.481 e. The largest absolute Gasteiger partial charge is 0.481 e. The van der Waals surface area contributed by atoms with Gasteiger partial charge in [-0.3, -0.25) is 14.5 Å². The quantitative estimate of drug-likeness (QED) is 0.624. The fraction of sp³-hybridized carbons (Fsp3) is 0.0833. The van der Waals surface area contributed by atoms with Gasteiger partial charge in [-0.25, -0.2) is 4.39 Å². The van der Waals surface area contributed by atoms with Crippen molar-refractivity contribution in [3.05, 3.63) is 108 Å². The maximum atomic E-state index is 14.8. The highest BCUT2D eigenvalue weighted by Gasteiger charge is 2.42. The van der Waals surface area contributed by atoms with E-state index in [1.165, 1.54) is 11.0 Å². The number of amides is 1. The zero-order valence-electron chi connectivity index (χ0n) is 16.0. The molecular weight excluding hydrogens is 383 g/mol. The van der Waals surface area contributed by atoms with Gasteiger partial charge >= 0.3 is 5.97 Å². The first-order chi connectivity index (χ1) is 14.6. The van der Waals surface area contributed by atoms with Crippen molar-refractivity contribution in [2.75, 3.05) is 10.2 Å². The lowest BCUT2D eigenvalue weighted by Crippen LogP contribution is -2.31. The maximum Gasteiger partial charge on any atom is 0.307 e. The minimum absolute atomic E-state index is 0.153. The summed E-state index contributed by atoms with van der Waals surface area (Å²) in [7, 11) is 0. The smallest absolute Gasteiger partial charge is 0.307 e. The van der Waals surface area contributed by atoms with Crippen molar-refractivity contribution in [3.63, 3.8) is 0 Å². The summed E-state index contributed by atoms with van der Waals surface area (Å²) >= 11 is 0. The first kappa shape index (κ1) is 19.4. The Kier molecular flexibility index (Phi) is 5.30. The number of carboxylic acids is 1. The SMILES string of the molecule is O=C(O)CC1=C(Nc2ccccc2)C(=O)N(c2ccccc2)[C@@H]1c1ccccc1F. The van der Waals surface area contributed by atoms with Crippen LogP contribution in [0.1, 0.15) is 18.0 Å². The average molecular weight is 402 g/mol. The fourth-order valence-corrected chi connectivity index (χ4v) is 3.69. The van der Waals surface area contributed by atoms with Crippen LogP contribution >= 0.6 is 0 Å². The summed E-state index contributed by atoms with van der Waals surface area (Å²) in [6.07, 6.45) is -0.400. The lowest BCUT2D eigenvalue weighted by molar-refractivity contribution is -0.136. The number of carbonyl (C=O) groups excluding carboxylic acids is 1. The van der Waals surface area contributed by atoms with Crippen molar-refractivity contribution in [1.82, 2.24) is 0 Å². The second kappa shape index (κ2) is 8.21. The third kappa shape index (κ3) is 3.67.